The standard InChI is InChI=1S/C26H34F3N3O4/c1-18(31-9-13-35-22-6-2-3-7-23(22)36-17-26(27,28)29)14-19-15-20-8-11-32(10-4-5-12-33)24(20)21(16-19)25(30)34/h2-3,6-7,15-16,18,31,33H,4-5,8-14,17H2,1H3,(H2,30,34). The Kier molecular flexibility index (Phi) is 9.83. The molecular weight excluding hydrogens is 475 g/mol. The summed E-state index contributed by atoms with van der Waals surface area (Å²) in [5, 5.41) is 12.4. The van der Waals surface area contributed by atoms with E-state index >= 15 is 0 Å². The number of carbonyl (C=O) groups is 1. The van der Waals surface area contributed by atoms with Gasteiger partial charge >= 0.3 is 6.18 Å². The van der Waals surface area contributed by atoms with Crippen molar-refractivity contribution in [2.75, 3.05) is 44.4 Å². The molecule has 0 radical (unpaired) electrons. The third-order valence-corrected chi connectivity index (χ3v) is 5.95. The first-order chi connectivity index (χ1) is 17.2. The lowest BCUT2D eigenvalue weighted by atomic mass is 9.98. The van der Waals surface area contributed by atoms with Crippen LogP contribution in [-0.4, -0.2) is 62.7 Å². The molecule has 1 aliphatic heterocycles. The largest absolute Gasteiger partial charge is 0.488 e. The molecule has 2 aromatic rings. The number of primary amides is 1. The number of halogens is 3. The van der Waals surface area contributed by atoms with Gasteiger partial charge in [-0.2, -0.15) is 13.2 Å². The number of rotatable bonds is 14. The molecular formula is C26H34F3N3O4. The van der Waals surface area contributed by atoms with E-state index in [-0.39, 0.29) is 30.8 Å². The molecule has 4 N–H and O–H groups in total. The summed E-state index contributed by atoms with van der Waals surface area (Å²) in [7, 11) is 0. The maximum atomic E-state index is 12.5. The van der Waals surface area contributed by atoms with Gasteiger partial charge in [-0.3, -0.25) is 4.79 Å². The fourth-order valence-corrected chi connectivity index (χ4v) is 4.38. The van der Waals surface area contributed by atoms with Crippen LogP contribution in [0.4, 0.5) is 18.9 Å². The molecule has 1 unspecified atom stereocenters. The molecule has 0 saturated heterocycles. The fourth-order valence-electron chi connectivity index (χ4n) is 4.38. The summed E-state index contributed by atoms with van der Waals surface area (Å²) in [6, 6.07) is 10.3. The Bertz CT molecular complexity index is 1020. The summed E-state index contributed by atoms with van der Waals surface area (Å²) in [4.78, 5) is 14.4. The number of carbonyl (C=O) groups excluding carboxylic acids is 1. The van der Waals surface area contributed by atoms with Gasteiger partial charge in [0.15, 0.2) is 18.1 Å². The van der Waals surface area contributed by atoms with Gasteiger partial charge in [0.25, 0.3) is 5.91 Å². The second kappa shape index (κ2) is 12.8. The van der Waals surface area contributed by atoms with Crippen LogP contribution in [0.3, 0.4) is 0 Å². The van der Waals surface area contributed by atoms with Crippen molar-refractivity contribution in [3.63, 3.8) is 0 Å². The quantitative estimate of drug-likeness (QED) is 0.338. The Morgan fingerprint density at radius 3 is 2.58 bits per heavy atom. The molecule has 0 spiro atoms. The molecule has 0 fully saturated rings. The van der Waals surface area contributed by atoms with Crippen molar-refractivity contribution in [2.45, 2.75) is 44.8 Å². The maximum absolute atomic E-state index is 12.5. The highest BCUT2D eigenvalue weighted by atomic mass is 19.4. The summed E-state index contributed by atoms with van der Waals surface area (Å²) < 4.78 is 47.8. The van der Waals surface area contributed by atoms with Crippen LogP contribution in [-0.2, 0) is 12.8 Å². The van der Waals surface area contributed by atoms with Crippen molar-refractivity contribution in [1.29, 1.82) is 0 Å². The van der Waals surface area contributed by atoms with Crippen molar-refractivity contribution in [1.82, 2.24) is 5.32 Å². The average molecular weight is 510 g/mol. The summed E-state index contributed by atoms with van der Waals surface area (Å²) in [5.74, 6) is -0.155. The van der Waals surface area contributed by atoms with Crippen LogP contribution in [0, 0.1) is 0 Å². The number of benzene rings is 2. The Morgan fingerprint density at radius 2 is 1.92 bits per heavy atom. The van der Waals surface area contributed by atoms with Crippen molar-refractivity contribution in [2.24, 2.45) is 5.73 Å². The van der Waals surface area contributed by atoms with Gasteiger partial charge in [-0.25, -0.2) is 0 Å². The third kappa shape index (κ3) is 8.03. The van der Waals surface area contributed by atoms with Gasteiger partial charge in [0, 0.05) is 32.3 Å². The van der Waals surface area contributed by atoms with E-state index < -0.39 is 18.7 Å². The third-order valence-electron chi connectivity index (χ3n) is 5.95. The Morgan fingerprint density at radius 1 is 1.19 bits per heavy atom. The zero-order valence-electron chi connectivity index (χ0n) is 20.4. The minimum atomic E-state index is -4.42. The van der Waals surface area contributed by atoms with E-state index in [1.807, 2.05) is 13.0 Å². The first-order valence-corrected chi connectivity index (χ1v) is 12.1. The molecule has 1 aliphatic rings. The smallest absolute Gasteiger partial charge is 0.422 e. The molecule has 1 heterocycles. The highest BCUT2D eigenvalue weighted by molar-refractivity contribution is 6.00. The van der Waals surface area contributed by atoms with Gasteiger partial charge in [0.05, 0.1) is 11.3 Å². The van der Waals surface area contributed by atoms with Gasteiger partial charge < -0.3 is 30.5 Å². The number of alkyl halides is 3. The van der Waals surface area contributed by atoms with E-state index in [9.17, 15) is 18.0 Å². The predicted octanol–water partition coefficient (Wildman–Crippen LogP) is 3.46. The summed E-state index contributed by atoms with van der Waals surface area (Å²) in [6.45, 7) is 3.10. The number of nitrogens with zero attached hydrogens (tertiary/aromatic N) is 1. The van der Waals surface area contributed by atoms with Crippen LogP contribution < -0.4 is 25.4 Å². The molecule has 198 valence electrons. The molecule has 10 heteroatoms. The zero-order valence-corrected chi connectivity index (χ0v) is 20.4. The van der Waals surface area contributed by atoms with E-state index in [0.717, 1.165) is 49.2 Å². The van der Waals surface area contributed by atoms with Crippen molar-refractivity contribution >= 4 is 11.6 Å². The van der Waals surface area contributed by atoms with Crippen LogP contribution in [0.25, 0.3) is 0 Å². The lowest BCUT2D eigenvalue weighted by Gasteiger charge is -2.22. The number of fused-ring (bicyclic) bond motifs is 1. The topological polar surface area (TPSA) is 97.1 Å². The van der Waals surface area contributed by atoms with E-state index in [4.69, 9.17) is 20.3 Å². The van der Waals surface area contributed by atoms with E-state index in [0.29, 0.717) is 18.5 Å². The molecule has 2 aromatic carbocycles. The molecule has 36 heavy (non-hydrogen) atoms. The van der Waals surface area contributed by atoms with Gasteiger partial charge in [0.2, 0.25) is 0 Å². The van der Waals surface area contributed by atoms with Crippen molar-refractivity contribution in [3.8, 4) is 11.5 Å². The Balaban J connectivity index is 1.53. The first-order valence-electron chi connectivity index (χ1n) is 12.1. The van der Waals surface area contributed by atoms with Crippen molar-refractivity contribution in [3.05, 3.63) is 53.1 Å². The molecule has 0 saturated carbocycles. The SMILES string of the molecule is CC(Cc1cc2c(c(C(N)=O)c1)N(CCCCO)CC2)NCCOc1ccccc1OCC(F)(F)F. The lowest BCUT2D eigenvalue weighted by molar-refractivity contribution is -0.153. The number of para-hydroxylation sites is 2. The summed E-state index contributed by atoms with van der Waals surface area (Å²) >= 11 is 0. The molecule has 0 aromatic heterocycles. The predicted molar refractivity (Wildman–Crippen MR) is 132 cm³/mol. The molecule has 0 bridgehead atoms. The van der Waals surface area contributed by atoms with Crippen LogP contribution in [0.15, 0.2) is 36.4 Å². The number of aliphatic hydroxyl groups excluding tert-OH is 1. The Labute approximate surface area is 209 Å². The summed E-state index contributed by atoms with van der Waals surface area (Å²) in [6.07, 6.45) is -1.35. The molecule has 7 nitrogen and oxygen atoms in total. The van der Waals surface area contributed by atoms with Crippen LogP contribution >= 0.6 is 0 Å². The van der Waals surface area contributed by atoms with Crippen LogP contribution in [0.1, 0.15) is 41.3 Å². The maximum Gasteiger partial charge on any atom is 0.422 e. The number of amides is 1. The second-order valence-corrected chi connectivity index (χ2v) is 8.94. The zero-order chi connectivity index (χ0) is 26.1. The highest BCUT2D eigenvalue weighted by Crippen LogP contribution is 2.34. The number of aliphatic hydroxyl groups is 1. The van der Waals surface area contributed by atoms with Crippen LogP contribution in [0.5, 0.6) is 11.5 Å². The lowest BCUT2D eigenvalue weighted by Crippen LogP contribution is -2.32. The molecule has 1 atom stereocenters. The average Bonchev–Trinajstić information content (AvgIpc) is 3.23. The number of nitrogens with two attached hydrogens (primary N) is 1. The normalized spacial score (nSPS) is 14.0. The summed E-state index contributed by atoms with van der Waals surface area (Å²) in [5.41, 5.74) is 9.25. The number of ether oxygens (including phenoxy) is 2. The molecule has 3 rings (SSSR count). The second-order valence-electron chi connectivity index (χ2n) is 8.94. The van der Waals surface area contributed by atoms with E-state index in [1.165, 1.54) is 6.07 Å². The fraction of sp³-hybridized carbons (Fsp3) is 0.500. The van der Waals surface area contributed by atoms with Crippen LogP contribution in [0.2, 0.25) is 0 Å². The van der Waals surface area contributed by atoms with E-state index in [1.54, 1.807) is 18.2 Å². The van der Waals surface area contributed by atoms with E-state index in [2.05, 4.69) is 16.3 Å². The van der Waals surface area contributed by atoms with Gasteiger partial charge in [-0.15, -0.1) is 0 Å². The highest BCUT2D eigenvalue weighted by Gasteiger charge is 2.29. The van der Waals surface area contributed by atoms with Gasteiger partial charge in [-0.1, -0.05) is 18.2 Å². The first kappa shape index (κ1) is 27.6. The monoisotopic (exact) mass is 509 g/mol. The minimum absolute atomic E-state index is 0.0467. The Hall–Kier alpha value is -2.98. The minimum Gasteiger partial charge on any atom is -0.488 e. The number of hydrogen-bond donors (Lipinski definition) is 3. The molecule has 1 amide bonds. The van der Waals surface area contributed by atoms with Crippen molar-refractivity contribution < 1.29 is 32.5 Å². The number of hydrogen-bond acceptors (Lipinski definition) is 6. The van der Waals surface area contributed by atoms with Gasteiger partial charge in [0.1, 0.15) is 6.61 Å². The number of unbranched alkanes of at least 4 members (excludes halogenated alkanes) is 1. The number of anilines is 1. The molecule has 0 aliphatic carbocycles. The van der Waals surface area contributed by atoms with Gasteiger partial charge in [-0.05, 0) is 61.9 Å². The number of nitrogens with one attached hydrogen (secondary N) is 1.